The first-order valence-corrected chi connectivity index (χ1v) is 11.9. The predicted octanol–water partition coefficient (Wildman–Crippen LogP) is 6.64. The minimum Gasteiger partial charge on any atom is -0.452 e. The first-order chi connectivity index (χ1) is 16.4. The number of halogens is 1. The smallest absolute Gasteiger partial charge is 0.339 e. The lowest BCUT2D eigenvalue weighted by atomic mass is 9.97. The zero-order valence-electron chi connectivity index (χ0n) is 19.3. The van der Waals surface area contributed by atoms with Crippen molar-refractivity contribution in [1.82, 2.24) is 4.98 Å². The summed E-state index contributed by atoms with van der Waals surface area (Å²) in [6.07, 6.45) is 0.763. The predicted molar refractivity (Wildman–Crippen MR) is 139 cm³/mol. The lowest BCUT2D eigenvalue weighted by Crippen LogP contribution is -2.22. The van der Waals surface area contributed by atoms with Gasteiger partial charge < -0.3 is 10.1 Å². The van der Waals surface area contributed by atoms with E-state index in [1.807, 2.05) is 87.5 Å². The Hall–Kier alpha value is -3.51. The minimum atomic E-state index is -0.550. The van der Waals surface area contributed by atoms with Crippen molar-refractivity contribution < 1.29 is 14.3 Å². The number of hydrogen-bond acceptors (Lipinski definition) is 4. The molecule has 0 saturated carbocycles. The number of fused-ring (bicyclic) bond motifs is 1. The second-order valence-electron chi connectivity index (χ2n) is 8.12. The Morgan fingerprint density at radius 2 is 1.74 bits per heavy atom. The van der Waals surface area contributed by atoms with E-state index >= 15 is 0 Å². The van der Waals surface area contributed by atoms with E-state index in [1.54, 1.807) is 0 Å². The van der Waals surface area contributed by atoms with Crippen molar-refractivity contribution in [3.8, 4) is 11.3 Å². The van der Waals surface area contributed by atoms with Crippen LogP contribution < -0.4 is 5.32 Å². The van der Waals surface area contributed by atoms with E-state index in [0.29, 0.717) is 27.7 Å². The van der Waals surface area contributed by atoms with Gasteiger partial charge in [-0.2, -0.15) is 0 Å². The molecule has 0 aliphatic heterocycles. The van der Waals surface area contributed by atoms with Gasteiger partial charge in [0.2, 0.25) is 0 Å². The molecule has 172 valence electrons. The van der Waals surface area contributed by atoms with Crippen LogP contribution in [0.3, 0.4) is 0 Å². The molecule has 0 unspecified atom stereocenters. The summed E-state index contributed by atoms with van der Waals surface area (Å²) in [4.78, 5) is 30.6. The molecule has 1 amide bonds. The van der Waals surface area contributed by atoms with Gasteiger partial charge in [0.1, 0.15) is 0 Å². The summed E-state index contributed by atoms with van der Waals surface area (Å²) in [6.45, 7) is 5.52. The fraction of sp³-hybridized carbons (Fsp3) is 0.179. The van der Waals surface area contributed by atoms with Crippen molar-refractivity contribution >= 4 is 44.4 Å². The molecule has 34 heavy (non-hydrogen) atoms. The average Bonchev–Trinajstić information content (AvgIpc) is 2.84. The number of ether oxygens (including phenoxy) is 1. The summed E-state index contributed by atoms with van der Waals surface area (Å²) < 4.78 is 6.41. The standard InChI is InChI=1S/C28H25BrN2O3/c1-4-19-15-21(29)13-14-23(19)30-25(32)16-34-28(33)26-18(3)27(20-11-9-17(2)10-12-20)31-24-8-6-5-7-22(24)26/h5-15H,4,16H2,1-3H3,(H,30,32). The summed E-state index contributed by atoms with van der Waals surface area (Å²) in [5.41, 5.74) is 6.32. The van der Waals surface area contributed by atoms with Gasteiger partial charge in [-0.1, -0.05) is 70.9 Å². The number of benzene rings is 3. The maximum absolute atomic E-state index is 13.2. The summed E-state index contributed by atoms with van der Waals surface area (Å²) in [5, 5.41) is 3.54. The number of rotatable bonds is 6. The van der Waals surface area contributed by atoms with Gasteiger partial charge in [0.25, 0.3) is 5.91 Å². The van der Waals surface area contributed by atoms with Crippen molar-refractivity contribution in [2.45, 2.75) is 27.2 Å². The number of pyridine rings is 1. The zero-order chi connectivity index (χ0) is 24.2. The van der Waals surface area contributed by atoms with Crippen LogP contribution in [0.4, 0.5) is 5.69 Å². The van der Waals surface area contributed by atoms with Crippen LogP contribution in [0.5, 0.6) is 0 Å². The quantitative estimate of drug-likeness (QED) is 0.291. The maximum Gasteiger partial charge on any atom is 0.339 e. The fourth-order valence-electron chi connectivity index (χ4n) is 3.93. The molecule has 1 N–H and O–H groups in total. The van der Waals surface area contributed by atoms with Gasteiger partial charge in [0, 0.05) is 21.1 Å². The number of amides is 1. The molecule has 6 heteroatoms. The number of carbonyl (C=O) groups is 2. The number of carbonyl (C=O) groups excluding carboxylic acids is 2. The van der Waals surface area contributed by atoms with Crippen molar-refractivity contribution in [2.75, 3.05) is 11.9 Å². The first kappa shape index (κ1) is 23.6. The molecular formula is C28H25BrN2O3. The van der Waals surface area contributed by atoms with E-state index in [9.17, 15) is 9.59 Å². The van der Waals surface area contributed by atoms with E-state index in [4.69, 9.17) is 9.72 Å². The van der Waals surface area contributed by atoms with Crippen molar-refractivity contribution in [3.63, 3.8) is 0 Å². The Morgan fingerprint density at radius 1 is 1.00 bits per heavy atom. The van der Waals surface area contributed by atoms with Crippen molar-refractivity contribution in [2.24, 2.45) is 0 Å². The maximum atomic E-state index is 13.2. The topological polar surface area (TPSA) is 68.3 Å². The van der Waals surface area contributed by atoms with Gasteiger partial charge in [-0.25, -0.2) is 9.78 Å². The Labute approximate surface area is 207 Å². The van der Waals surface area contributed by atoms with Crippen molar-refractivity contribution in [1.29, 1.82) is 0 Å². The Morgan fingerprint density at radius 3 is 2.47 bits per heavy atom. The molecule has 0 atom stereocenters. The van der Waals surface area contributed by atoms with Gasteiger partial charge in [0.05, 0.1) is 16.8 Å². The highest BCUT2D eigenvalue weighted by molar-refractivity contribution is 9.10. The second kappa shape index (κ2) is 10.2. The Kier molecular flexibility index (Phi) is 7.08. The van der Waals surface area contributed by atoms with Crippen LogP contribution in [0.25, 0.3) is 22.2 Å². The average molecular weight is 517 g/mol. The number of hydrogen-bond donors (Lipinski definition) is 1. The van der Waals surface area contributed by atoms with Crippen LogP contribution in [0, 0.1) is 13.8 Å². The summed E-state index contributed by atoms with van der Waals surface area (Å²) in [7, 11) is 0. The highest BCUT2D eigenvalue weighted by Gasteiger charge is 2.21. The number of anilines is 1. The monoisotopic (exact) mass is 516 g/mol. The van der Waals surface area contributed by atoms with Gasteiger partial charge >= 0.3 is 5.97 Å². The summed E-state index contributed by atoms with van der Waals surface area (Å²) in [5.74, 6) is -0.939. The van der Waals surface area contributed by atoms with Crippen molar-refractivity contribution in [3.05, 3.63) is 93.5 Å². The van der Waals surface area contributed by atoms with Crippen LogP contribution in [0.15, 0.2) is 71.2 Å². The number of para-hydroxylation sites is 1. The lowest BCUT2D eigenvalue weighted by molar-refractivity contribution is -0.119. The lowest BCUT2D eigenvalue weighted by Gasteiger charge is -2.15. The highest BCUT2D eigenvalue weighted by Crippen LogP contribution is 2.30. The van der Waals surface area contributed by atoms with E-state index in [0.717, 1.165) is 33.3 Å². The third kappa shape index (κ3) is 5.02. The minimum absolute atomic E-state index is 0.381. The molecule has 0 aliphatic carbocycles. The molecule has 5 nitrogen and oxygen atoms in total. The second-order valence-corrected chi connectivity index (χ2v) is 9.04. The SMILES string of the molecule is CCc1cc(Br)ccc1NC(=O)COC(=O)c1c(C)c(-c2ccc(C)cc2)nc2ccccc12. The molecule has 0 fully saturated rings. The van der Waals surface area contributed by atoms with E-state index in [-0.39, 0.29) is 12.5 Å². The largest absolute Gasteiger partial charge is 0.452 e. The summed E-state index contributed by atoms with van der Waals surface area (Å²) in [6, 6.07) is 21.1. The fourth-order valence-corrected chi connectivity index (χ4v) is 4.34. The molecule has 4 aromatic rings. The van der Waals surface area contributed by atoms with Crippen LogP contribution in [-0.4, -0.2) is 23.5 Å². The molecule has 0 spiro atoms. The molecule has 0 radical (unpaired) electrons. The molecular weight excluding hydrogens is 492 g/mol. The van der Waals surface area contributed by atoms with Crippen LogP contribution >= 0.6 is 15.9 Å². The Bertz CT molecular complexity index is 1380. The van der Waals surface area contributed by atoms with Crippen LogP contribution in [-0.2, 0) is 16.0 Å². The number of aromatic nitrogens is 1. The molecule has 1 aromatic heterocycles. The number of aryl methyl sites for hydroxylation is 2. The van der Waals surface area contributed by atoms with Gasteiger partial charge in [-0.05, 0) is 55.7 Å². The molecule has 3 aromatic carbocycles. The van der Waals surface area contributed by atoms with E-state index in [2.05, 4.69) is 21.2 Å². The Balaban J connectivity index is 1.60. The third-order valence-corrected chi connectivity index (χ3v) is 6.21. The number of nitrogens with one attached hydrogen (secondary N) is 1. The normalized spacial score (nSPS) is 10.8. The number of nitrogens with zero attached hydrogens (tertiary/aromatic N) is 1. The van der Waals surface area contributed by atoms with E-state index < -0.39 is 5.97 Å². The van der Waals surface area contributed by atoms with Gasteiger partial charge in [-0.15, -0.1) is 0 Å². The highest BCUT2D eigenvalue weighted by atomic mass is 79.9. The zero-order valence-corrected chi connectivity index (χ0v) is 20.9. The molecule has 0 saturated heterocycles. The first-order valence-electron chi connectivity index (χ1n) is 11.1. The van der Waals surface area contributed by atoms with Gasteiger partial charge in [0.15, 0.2) is 6.61 Å². The molecule has 1 heterocycles. The molecule has 0 bridgehead atoms. The summed E-state index contributed by atoms with van der Waals surface area (Å²) >= 11 is 3.44. The van der Waals surface area contributed by atoms with Crippen LogP contribution in [0.1, 0.15) is 34.0 Å². The van der Waals surface area contributed by atoms with Crippen LogP contribution in [0.2, 0.25) is 0 Å². The molecule has 0 aliphatic rings. The van der Waals surface area contributed by atoms with Gasteiger partial charge in [-0.3, -0.25) is 4.79 Å². The molecule has 4 rings (SSSR count). The number of esters is 1. The van der Waals surface area contributed by atoms with E-state index in [1.165, 1.54) is 0 Å². The third-order valence-electron chi connectivity index (χ3n) is 5.72.